The van der Waals surface area contributed by atoms with E-state index >= 15 is 0 Å². The largest absolute Gasteiger partial charge is 0.464 e. The summed E-state index contributed by atoms with van der Waals surface area (Å²) in [7, 11) is -1.44. The number of hydrogen-bond acceptors (Lipinski definition) is 17. The lowest BCUT2D eigenvalue weighted by Gasteiger charge is -2.05. The van der Waals surface area contributed by atoms with Gasteiger partial charge in [-0.05, 0) is 92.2 Å². The number of fused-ring (bicyclic) bond motifs is 3. The van der Waals surface area contributed by atoms with Crippen LogP contribution in [0.1, 0.15) is 82.9 Å². The van der Waals surface area contributed by atoms with Crippen molar-refractivity contribution in [2.24, 2.45) is 17.8 Å². The van der Waals surface area contributed by atoms with Gasteiger partial charge in [0.15, 0.2) is 0 Å². The molecule has 3 saturated carbocycles. The van der Waals surface area contributed by atoms with E-state index in [1.807, 2.05) is 20.8 Å². The van der Waals surface area contributed by atoms with E-state index in [0.29, 0.717) is 84.3 Å². The molecule has 20 nitrogen and oxygen atoms in total. The fourth-order valence-corrected chi connectivity index (χ4v) is 6.21. The second-order valence-electron chi connectivity index (χ2n) is 14.8. The maximum Gasteiger partial charge on any atom is 0.337 e. The summed E-state index contributed by atoms with van der Waals surface area (Å²) < 4.78 is 36.9. The first kappa shape index (κ1) is 47.5. The number of aryl methyl sites for hydroxylation is 3. The summed E-state index contributed by atoms with van der Waals surface area (Å²) in [6, 6.07) is 5.89. The number of aliphatic hydroxyl groups excluding tert-OH is 1. The summed E-state index contributed by atoms with van der Waals surface area (Å²) in [4.78, 5) is 89.5. The Morgan fingerprint density at radius 2 is 0.984 bits per heavy atom. The highest BCUT2D eigenvalue weighted by Crippen LogP contribution is 2.30. The van der Waals surface area contributed by atoms with Crippen LogP contribution in [0.3, 0.4) is 0 Å². The average Bonchev–Trinajstić information content (AvgIpc) is 4.09. The standard InChI is InChI=1S/2C13H14N2O4.C10H10N2O4S.C4H8O.C2H3N/c2*1-2-8-5-9(16)19-12-10(8)11(17)14-13(15-12)18-6-7-3-4-7;1-3-5-4-6(13)16-9-7(5)8(14)11-10(12-9)17(2)15;5-3-4-1-2-4;1-2-3/h2*5,7H,2-4,6H2,1H3,(H,14,15,17);4H,3H2,1-2H3,(H,11,12,14);4-5H,1-3H2;1H3. The van der Waals surface area contributed by atoms with Gasteiger partial charge in [-0.2, -0.15) is 20.2 Å². The van der Waals surface area contributed by atoms with Gasteiger partial charge in [-0.15, -0.1) is 0 Å². The predicted octanol–water partition coefficient (Wildman–Crippen LogP) is 3.55. The molecular weight excluding hydrogens is 843 g/mol. The van der Waals surface area contributed by atoms with Gasteiger partial charge in [0.25, 0.3) is 28.7 Å². The van der Waals surface area contributed by atoms with Gasteiger partial charge in [-0.1, -0.05) is 20.8 Å². The van der Waals surface area contributed by atoms with Crippen LogP contribution < -0.4 is 43.0 Å². The summed E-state index contributed by atoms with van der Waals surface area (Å²) in [5.41, 5.74) is -0.845. The molecule has 21 heteroatoms. The molecule has 6 aromatic rings. The molecule has 9 rings (SSSR count). The molecule has 3 aliphatic rings. The van der Waals surface area contributed by atoms with Crippen molar-refractivity contribution in [1.29, 1.82) is 5.26 Å². The lowest BCUT2D eigenvalue weighted by molar-refractivity contribution is 0.275. The topological polar surface area (TPSA) is 307 Å². The molecule has 0 radical (unpaired) electrons. The maximum absolute atomic E-state index is 12.0. The van der Waals surface area contributed by atoms with Crippen LogP contribution in [-0.2, 0) is 30.1 Å². The van der Waals surface area contributed by atoms with Crippen molar-refractivity contribution in [2.45, 2.75) is 90.6 Å². The molecule has 63 heavy (non-hydrogen) atoms. The average molecular weight is 892 g/mol. The SMILES string of the molecule is CC#N.CCc1cc(=O)oc2nc(OCC3CC3)[nH]c(=O)c12.CCc1cc(=O)oc2nc(OCC3CC3)[nH]c(=O)c12.CCc1cc(=O)oc2nc(S(C)=O)[nH]c(=O)c12.OCC1CC1. The summed E-state index contributed by atoms with van der Waals surface area (Å²) in [6.07, 6.45) is 10.1. The smallest absolute Gasteiger partial charge is 0.337 e. The second kappa shape index (κ2) is 22.0. The minimum Gasteiger partial charge on any atom is -0.464 e. The molecule has 336 valence electrons. The fourth-order valence-electron chi connectivity index (χ4n) is 5.76. The zero-order valence-electron chi connectivity index (χ0n) is 35.5. The van der Waals surface area contributed by atoms with Crippen molar-refractivity contribution < 1.29 is 32.0 Å². The first-order valence-corrected chi connectivity index (χ1v) is 22.0. The summed E-state index contributed by atoms with van der Waals surface area (Å²) >= 11 is 0. The molecule has 6 heterocycles. The Hall–Kier alpha value is -6.53. The number of H-pyrrole nitrogens is 3. The Morgan fingerprint density at radius 1 is 0.651 bits per heavy atom. The van der Waals surface area contributed by atoms with Crippen LogP contribution in [0.2, 0.25) is 0 Å². The molecule has 0 aromatic carbocycles. The Bertz CT molecular complexity index is 2860. The van der Waals surface area contributed by atoms with E-state index in [2.05, 4.69) is 29.9 Å². The van der Waals surface area contributed by atoms with E-state index in [1.54, 1.807) is 6.07 Å². The normalized spacial score (nSPS) is 14.4. The van der Waals surface area contributed by atoms with Crippen LogP contribution >= 0.6 is 0 Å². The molecular formula is C42H49N7O13S. The number of nitrogens with one attached hydrogen (secondary N) is 3. The fraction of sp³-hybridized carbons (Fsp3) is 0.476. The van der Waals surface area contributed by atoms with Gasteiger partial charge in [0.2, 0.25) is 22.3 Å². The number of nitrogens with zero attached hydrogens (tertiary/aromatic N) is 4. The van der Waals surface area contributed by atoms with Crippen molar-refractivity contribution >= 4 is 44.1 Å². The first-order valence-electron chi connectivity index (χ1n) is 20.4. The van der Waals surface area contributed by atoms with Gasteiger partial charge in [0.1, 0.15) is 16.2 Å². The molecule has 0 aliphatic heterocycles. The van der Waals surface area contributed by atoms with E-state index < -0.39 is 33.2 Å². The molecule has 6 aromatic heterocycles. The van der Waals surface area contributed by atoms with Crippen molar-refractivity contribution in [1.82, 2.24) is 29.9 Å². The number of aromatic nitrogens is 6. The highest BCUT2D eigenvalue weighted by molar-refractivity contribution is 7.84. The molecule has 3 aliphatic carbocycles. The Kier molecular flexibility index (Phi) is 16.6. The summed E-state index contributed by atoms with van der Waals surface area (Å²) in [5.74, 6) is 1.79. The molecule has 0 amide bonds. The number of ether oxygens (including phenoxy) is 2. The van der Waals surface area contributed by atoms with E-state index in [-0.39, 0.29) is 50.8 Å². The Balaban J connectivity index is 0.000000164. The summed E-state index contributed by atoms with van der Waals surface area (Å²) in [5, 5.41) is 16.4. The zero-order chi connectivity index (χ0) is 45.8. The van der Waals surface area contributed by atoms with Crippen LogP contribution in [0.5, 0.6) is 12.0 Å². The first-order chi connectivity index (χ1) is 30.2. The van der Waals surface area contributed by atoms with E-state index in [9.17, 15) is 33.0 Å². The van der Waals surface area contributed by atoms with Crippen molar-refractivity contribution in [2.75, 3.05) is 26.1 Å². The third-order valence-electron chi connectivity index (χ3n) is 9.70. The number of aromatic amines is 3. The van der Waals surface area contributed by atoms with Crippen LogP contribution in [0.4, 0.5) is 0 Å². The van der Waals surface area contributed by atoms with Gasteiger partial charge in [0, 0.05) is 38.0 Å². The van der Waals surface area contributed by atoms with Crippen LogP contribution in [-0.4, -0.2) is 65.3 Å². The van der Waals surface area contributed by atoms with Gasteiger partial charge in [0.05, 0.1) is 30.1 Å². The molecule has 1 atom stereocenters. The van der Waals surface area contributed by atoms with Crippen LogP contribution in [0, 0.1) is 29.1 Å². The Morgan fingerprint density at radius 3 is 1.27 bits per heavy atom. The molecule has 0 spiro atoms. The third-order valence-corrected chi connectivity index (χ3v) is 10.4. The number of hydrogen-bond donors (Lipinski definition) is 4. The minimum atomic E-state index is -1.44. The maximum atomic E-state index is 12.0. The third kappa shape index (κ3) is 13.5. The van der Waals surface area contributed by atoms with Gasteiger partial charge in [-0.25, -0.2) is 14.4 Å². The monoisotopic (exact) mass is 891 g/mol. The number of aliphatic hydroxyl groups is 1. The lowest BCUT2D eigenvalue weighted by atomic mass is 10.1. The summed E-state index contributed by atoms with van der Waals surface area (Å²) in [6.45, 7) is 8.47. The minimum absolute atomic E-state index is 0.00102. The Labute approximate surface area is 360 Å². The highest BCUT2D eigenvalue weighted by atomic mass is 32.2. The molecule has 1 unspecified atom stereocenters. The van der Waals surface area contributed by atoms with Gasteiger partial charge in [-0.3, -0.25) is 33.5 Å². The van der Waals surface area contributed by atoms with Gasteiger partial charge < -0.3 is 27.8 Å². The lowest BCUT2D eigenvalue weighted by Crippen LogP contribution is -2.16. The van der Waals surface area contributed by atoms with Gasteiger partial charge >= 0.3 is 16.9 Å². The predicted molar refractivity (Wildman–Crippen MR) is 231 cm³/mol. The molecule has 0 bridgehead atoms. The van der Waals surface area contributed by atoms with Crippen molar-refractivity contribution in [3.63, 3.8) is 0 Å². The zero-order valence-corrected chi connectivity index (χ0v) is 36.3. The highest BCUT2D eigenvalue weighted by Gasteiger charge is 2.24. The van der Waals surface area contributed by atoms with E-state index in [0.717, 1.165) is 25.7 Å². The number of rotatable bonds is 11. The molecule has 4 N–H and O–H groups in total. The van der Waals surface area contributed by atoms with Crippen LogP contribution in [0.25, 0.3) is 33.3 Å². The van der Waals surface area contributed by atoms with E-state index in [1.165, 1.54) is 44.2 Å². The molecule has 0 saturated heterocycles. The second-order valence-corrected chi connectivity index (χ2v) is 16.1. The number of nitriles is 1. The van der Waals surface area contributed by atoms with E-state index in [4.69, 9.17) is 33.1 Å². The quantitative estimate of drug-likeness (QED) is 0.135. The van der Waals surface area contributed by atoms with Crippen LogP contribution in [0.15, 0.2) is 65.4 Å². The van der Waals surface area contributed by atoms with Crippen molar-refractivity contribution in [3.8, 4) is 18.1 Å². The molecule has 3 fully saturated rings. The van der Waals surface area contributed by atoms with Crippen molar-refractivity contribution in [3.05, 3.63) is 97.2 Å².